The Balaban J connectivity index is 1.12. The lowest BCUT2D eigenvalue weighted by molar-refractivity contribution is 0.0926. The van der Waals surface area contributed by atoms with Gasteiger partial charge in [0.15, 0.2) is 6.19 Å². The highest BCUT2D eigenvalue weighted by molar-refractivity contribution is 6.02. The molecule has 0 aromatic heterocycles. The van der Waals surface area contributed by atoms with Crippen LogP contribution in [-0.4, -0.2) is 56.1 Å². The van der Waals surface area contributed by atoms with E-state index in [0.29, 0.717) is 37.8 Å². The number of para-hydroxylation sites is 1. The topological polar surface area (TPSA) is 105 Å². The molecule has 0 bridgehead atoms. The molecular weight excluding hydrogens is 526 g/mol. The van der Waals surface area contributed by atoms with E-state index >= 15 is 0 Å². The number of hydrogen-bond donors (Lipinski definition) is 3. The number of hydrogen-bond acceptors (Lipinski definition) is 6. The van der Waals surface area contributed by atoms with Crippen molar-refractivity contribution in [1.82, 2.24) is 20.9 Å². The average Bonchev–Trinajstić information content (AvgIpc) is 3.03. The van der Waals surface area contributed by atoms with Gasteiger partial charge in [-0.3, -0.25) is 20.0 Å². The zero-order valence-corrected chi connectivity index (χ0v) is 24.0. The second-order valence-electron chi connectivity index (χ2n) is 10.6. The molecule has 9 heteroatoms. The number of anilines is 1. The SMILES string of the molecule is N#CNC(=NCCCOc1cccc(CN2CCCCC2)c1)NCCN1c2ccccc2C(=O)NC1c1ccccc1. The van der Waals surface area contributed by atoms with Gasteiger partial charge in [-0.1, -0.05) is 61.0 Å². The first kappa shape index (κ1) is 29.0. The Bertz CT molecular complexity index is 1380. The summed E-state index contributed by atoms with van der Waals surface area (Å²) in [6, 6.07) is 25.9. The smallest absolute Gasteiger partial charge is 0.255 e. The van der Waals surface area contributed by atoms with Crippen LogP contribution < -0.4 is 25.6 Å². The van der Waals surface area contributed by atoms with Crippen LogP contribution >= 0.6 is 0 Å². The summed E-state index contributed by atoms with van der Waals surface area (Å²) in [7, 11) is 0. The van der Waals surface area contributed by atoms with E-state index in [2.05, 4.69) is 48.9 Å². The number of benzene rings is 3. The Morgan fingerprint density at radius 1 is 1.02 bits per heavy atom. The third-order valence-corrected chi connectivity index (χ3v) is 7.57. The van der Waals surface area contributed by atoms with Gasteiger partial charge >= 0.3 is 0 Å². The number of likely N-dealkylation sites (tertiary alicyclic amines) is 1. The highest BCUT2D eigenvalue weighted by atomic mass is 16.5. The minimum absolute atomic E-state index is 0.0898. The van der Waals surface area contributed by atoms with Crippen LogP contribution in [0.5, 0.6) is 5.75 Å². The second-order valence-corrected chi connectivity index (χ2v) is 10.6. The summed E-state index contributed by atoms with van der Waals surface area (Å²) in [5.41, 5.74) is 3.80. The van der Waals surface area contributed by atoms with Crippen LogP contribution in [0.4, 0.5) is 5.69 Å². The number of fused-ring (bicyclic) bond motifs is 1. The van der Waals surface area contributed by atoms with E-state index in [1.165, 1.54) is 37.9 Å². The zero-order chi connectivity index (χ0) is 29.0. The van der Waals surface area contributed by atoms with E-state index in [1.54, 1.807) is 0 Å². The standard InChI is InChI=1S/C33H39N7O2/c34-25-37-33(35-17-10-22-42-28-14-9-11-26(23-28)24-39-19-7-2-8-20-39)36-18-21-40-30-16-6-5-15-29(30)32(41)38-31(40)27-12-3-1-4-13-27/h1,3-6,9,11-16,23,31H,2,7-8,10,17-22,24H2,(H,38,41)(H2,35,36,37). The lowest BCUT2D eigenvalue weighted by Gasteiger charge is -2.39. The molecule has 0 radical (unpaired) electrons. The van der Waals surface area contributed by atoms with Crippen molar-refractivity contribution in [3.05, 3.63) is 95.6 Å². The number of ether oxygens (including phenoxy) is 1. The number of rotatable bonds is 11. The van der Waals surface area contributed by atoms with E-state index < -0.39 is 0 Å². The Kier molecular flexibility index (Phi) is 10.3. The molecule has 218 valence electrons. The van der Waals surface area contributed by atoms with Gasteiger partial charge < -0.3 is 20.3 Å². The predicted molar refractivity (Wildman–Crippen MR) is 165 cm³/mol. The summed E-state index contributed by atoms with van der Waals surface area (Å²) in [6.45, 7) is 5.47. The number of carbonyl (C=O) groups excluding carboxylic acids is 1. The molecule has 1 atom stereocenters. The van der Waals surface area contributed by atoms with Gasteiger partial charge in [-0.2, -0.15) is 5.26 Å². The van der Waals surface area contributed by atoms with Gasteiger partial charge in [0.1, 0.15) is 11.9 Å². The molecule has 1 amide bonds. The molecule has 2 aliphatic rings. The zero-order valence-electron chi connectivity index (χ0n) is 24.0. The van der Waals surface area contributed by atoms with Gasteiger partial charge in [-0.15, -0.1) is 0 Å². The molecule has 9 nitrogen and oxygen atoms in total. The van der Waals surface area contributed by atoms with Crippen molar-refractivity contribution in [3.63, 3.8) is 0 Å². The fraction of sp³-hybridized carbons (Fsp3) is 0.364. The third-order valence-electron chi connectivity index (χ3n) is 7.57. The van der Waals surface area contributed by atoms with Crippen molar-refractivity contribution in [3.8, 4) is 11.9 Å². The van der Waals surface area contributed by atoms with Crippen molar-refractivity contribution in [2.24, 2.45) is 4.99 Å². The highest BCUT2D eigenvalue weighted by Gasteiger charge is 2.31. The van der Waals surface area contributed by atoms with Crippen molar-refractivity contribution in [2.75, 3.05) is 44.2 Å². The third kappa shape index (κ3) is 7.80. The van der Waals surface area contributed by atoms with Crippen LogP contribution in [0.3, 0.4) is 0 Å². The summed E-state index contributed by atoms with van der Waals surface area (Å²) in [4.78, 5) is 22.0. The largest absolute Gasteiger partial charge is 0.494 e. The Morgan fingerprint density at radius 3 is 2.67 bits per heavy atom. The van der Waals surface area contributed by atoms with E-state index in [-0.39, 0.29) is 12.1 Å². The number of guanidine groups is 1. The van der Waals surface area contributed by atoms with Crippen LogP contribution in [0.15, 0.2) is 83.9 Å². The Hall–Kier alpha value is -4.55. The molecule has 0 saturated carbocycles. The first-order chi connectivity index (χ1) is 20.7. The minimum atomic E-state index is -0.296. The lowest BCUT2D eigenvalue weighted by Crippen LogP contribution is -2.49. The molecule has 0 aliphatic carbocycles. The van der Waals surface area contributed by atoms with Crippen molar-refractivity contribution in [2.45, 2.75) is 38.4 Å². The molecule has 0 spiro atoms. The number of nitriles is 1. The monoisotopic (exact) mass is 565 g/mol. The molecular formula is C33H39N7O2. The summed E-state index contributed by atoms with van der Waals surface area (Å²) in [5.74, 6) is 1.21. The van der Waals surface area contributed by atoms with Gasteiger partial charge in [-0.05, 0) is 61.3 Å². The molecule has 3 N–H and O–H groups in total. The van der Waals surface area contributed by atoms with Crippen molar-refractivity contribution >= 4 is 17.6 Å². The fourth-order valence-electron chi connectivity index (χ4n) is 5.53. The summed E-state index contributed by atoms with van der Waals surface area (Å²) in [5, 5.41) is 18.3. The molecule has 1 fully saturated rings. The molecule has 1 saturated heterocycles. The van der Waals surface area contributed by atoms with E-state index in [4.69, 9.17) is 4.74 Å². The molecule has 2 aliphatic heterocycles. The quantitative estimate of drug-likeness (QED) is 0.104. The molecule has 3 aromatic rings. The van der Waals surface area contributed by atoms with Crippen LogP contribution in [0.25, 0.3) is 0 Å². The predicted octanol–water partition coefficient (Wildman–Crippen LogP) is 4.41. The Morgan fingerprint density at radius 2 is 1.83 bits per heavy atom. The average molecular weight is 566 g/mol. The van der Waals surface area contributed by atoms with E-state index in [0.717, 1.165) is 30.0 Å². The maximum Gasteiger partial charge on any atom is 0.255 e. The summed E-state index contributed by atoms with van der Waals surface area (Å²) < 4.78 is 6.00. The number of nitrogens with one attached hydrogen (secondary N) is 3. The number of carbonyl (C=O) groups is 1. The molecule has 2 heterocycles. The maximum atomic E-state index is 12.8. The first-order valence-electron chi connectivity index (χ1n) is 14.8. The molecule has 42 heavy (non-hydrogen) atoms. The van der Waals surface area contributed by atoms with Crippen LogP contribution in [0.2, 0.25) is 0 Å². The van der Waals surface area contributed by atoms with Crippen LogP contribution in [0, 0.1) is 11.5 Å². The molecule has 1 unspecified atom stereocenters. The summed E-state index contributed by atoms with van der Waals surface area (Å²) >= 11 is 0. The van der Waals surface area contributed by atoms with E-state index in [1.807, 2.05) is 66.9 Å². The van der Waals surface area contributed by atoms with E-state index in [9.17, 15) is 10.1 Å². The lowest BCUT2D eigenvalue weighted by atomic mass is 10.0. The highest BCUT2D eigenvalue weighted by Crippen LogP contribution is 2.32. The normalized spacial score (nSPS) is 17.1. The first-order valence-corrected chi connectivity index (χ1v) is 14.8. The number of piperidine rings is 1. The number of aliphatic imine (C=N–C) groups is 1. The van der Waals surface area contributed by atoms with Crippen molar-refractivity contribution < 1.29 is 9.53 Å². The van der Waals surface area contributed by atoms with Crippen molar-refractivity contribution in [1.29, 1.82) is 5.26 Å². The molecule has 3 aromatic carbocycles. The van der Waals surface area contributed by atoms with Gasteiger partial charge in [-0.25, -0.2) is 0 Å². The second kappa shape index (κ2) is 14.9. The number of nitrogens with zero attached hydrogens (tertiary/aromatic N) is 4. The number of amides is 1. The van der Waals surface area contributed by atoms with Gasteiger partial charge in [0.05, 0.1) is 17.9 Å². The van der Waals surface area contributed by atoms with Crippen LogP contribution in [0.1, 0.15) is 53.3 Å². The summed E-state index contributed by atoms with van der Waals surface area (Å²) in [6.07, 6.45) is 6.30. The van der Waals surface area contributed by atoms with Gasteiger partial charge in [0.25, 0.3) is 5.91 Å². The van der Waals surface area contributed by atoms with Crippen LogP contribution in [-0.2, 0) is 6.54 Å². The Labute approximate surface area is 248 Å². The van der Waals surface area contributed by atoms with Gasteiger partial charge in [0.2, 0.25) is 5.96 Å². The maximum absolute atomic E-state index is 12.8. The fourth-order valence-corrected chi connectivity index (χ4v) is 5.53. The van der Waals surface area contributed by atoms with Gasteiger partial charge in [0, 0.05) is 32.6 Å². The molecule has 5 rings (SSSR count). The minimum Gasteiger partial charge on any atom is -0.494 e.